The van der Waals surface area contributed by atoms with Crippen molar-refractivity contribution in [1.29, 1.82) is 0 Å². The van der Waals surface area contributed by atoms with E-state index in [-0.39, 0.29) is 0 Å². The van der Waals surface area contributed by atoms with Gasteiger partial charge in [-0.15, -0.1) is 0 Å². The number of rotatable bonds is 7. The minimum absolute atomic E-state index is 0.338. The van der Waals surface area contributed by atoms with E-state index in [9.17, 15) is 8.42 Å². The van der Waals surface area contributed by atoms with Crippen molar-refractivity contribution in [3.8, 4) is 0 Å². The van der Waals surface area contributed by atoms with Crippen LogP contribution in [0.3, 0.4) is 0 Å². The van der Waals surface area contributed by atoms with Crippen LogP contribution in [0.5, 0.6) is 0 Å². The summed E-state index contributed by atoms with van der Waals surface area (Å²) in [6.45, 7) is 2.62. The summed E-state index contributed by atoms with van der Waals surface area (Å²) in [4.78, 5) is 2.09. The standard InChI is InChI=1S/C11H26N4O2S/c1-12-7-5-8-14(4)18(16,17)15-9-6-11(10-15)13(2)3/h11-12H,5-10H2,1-4H3. The Morgan fingerprint density at radius 3 is 2.50 bits per heavy atom. The molecule has 0 spiro atoms. The predicted octanol–water partition coefficient (Wildman–Crippen LogP) is -0.592. The van der Waals surface area contributed by atoms with E-state index in [1.165, 1.54) is 4.31 Å². The fourth-order valence-electron chi connectivity index (χ4n) is 2.13. The molecule has 6 nitrogen and oxygen atoms in total. The maximum Gasteiger partial charge on any atom is 0.281 e. The van der Waals surface area contributed by atoms with Crippen LogP contribution in [0.25, 0.3) is 0 Å². The summed E-state index contributed by atoms with van der Waals surface area (Å²) in [7, 11) is 4.25. The molecule has 1 aliphatic heterocycles. The summed E-state index contributed by atoms with van der Waals surface area (Å²) in [5.74, 6) is 0. The van der Waals surface area contributed by atoms with Crippen LogP contribution in [0.1, 0.15) is 12.8 Å². The summed E-state index contributed by atoms with van der Waals surface area (Å²) >= 11 is 0. The molecule has 0 saturated carbocycles. The van der Waals surface area contributed by atoms with Crippen molar-refractivity contribution in [2.45, 2.75) is 18.9 Å². The van der Waals surface area contributed by atoms with Gasteiger partial charge in [0.05, 0.1) is 0 Å². The molecule has 0 radical (unpaired) electrons. The smallest absolute Gasteiger partial charge is 0.281 e. The Morgan fingerprint density at radius 1 is 1.33 bits per heavy atom. The van der Waals surface area contributed by atoms with E-state index in [1.54, 1.807) is 11.4 Å². The van der Waals surface area contributed by atoms with Crippen molar-refractivity contribution in [3.63, 3.8) is 0 Å². The molecule has 1 unspecified atom stereocenters. The molecule has 18 heavy (non-hydrogen) atoms. The molecule has 0 bridgehead atoms. The van der Waals surface area contributed by atoms with Crippen LogP contribution < -0.4 is 5.32 Å². The quantitative estimate of drug-likeness (QED) is 0.632. The van der Waals surface area contributed by atoms with E-state index in [4.69, 9.17) is 0 Å². The molecule has 0 aromatic carbocycles. The van der Waals surface area contributed by atoms with Gasteiger partial charge in [-0.05, 0) is 40.5 Å². The Hall–Kier alpha value is -0.210. The summed E-state index contributed by atoms with van der Waals surface area (Å²) < 4.78 is 27.7. The van der Waals surface area contributed by atoms with E-state index < -0.39 is 10.2 Å². The zero-order chi connectivity index (χ0) is 13.8. The largest absolute Gasteiger partial charge is 0.320 e. The number of hydrogen-bond donors (Lipinski definition) is 1. The van der Waals surface area contributed by atoms with Gasteiger partial charge in [0, 0.05) is 32.7 Å². The van der Waals surface area contributed by atoms with Crippen LogP contribution in [-0.2, 0) is 10.2 Å². The van der Waals surface area contributed by atoms with Crippen LogP contribution in [-0.4, -0.2) is 82.3 Å². The first-order valence-corrected chi connectivity index (χ1v) is 7.81. The lowest BCUT2D eigenvalue weighted by Gasteiger charge is -2.25. The van der Waals surface area contributed by atoms with Crippen LogP contribution in [0, 0.1) is 0 Å². The van der Waals surface area contributed by atoms with E-state index in [0.29, 0.717) is 25.7 Å². The van der Waals surface area contributed by atoms with Gasteiger partial charge in [-0.3, -0.25) is 0 Å². The van der Waals surface area contributed by atoms with Crippen molar-refractivity contribution in [2.75, 3.05) is 54.4 Å². The number of likely N-dealkylation sites (N-methyl/N-ethyl adjacent to an activating group) is 1. The van der Waals surface area contributed by atoms with Gasteiger partial charge in [0.1, 0.15) is 0 Å². The number of nitrogens with zero attached hydrogens (tertiary/aromatic N) is 3. The van der Waals surface area contributed by atoms with E-state index >= 15 is 0 Å². The van der Waals surface area contributed by atoms with Gasteiger partial charge in [-0.25, -0.2) is 0 Å². The molecule has 1 saturated heterocycles. The topological polar surface area (TPSA) is 55.9 Å². The molecule has 0 aromatic rings. The van der Waals surface area contributed by atoms with Gasteiger partial charge >= 0.3 is 0 Å². The van der Waals surface area contributed by atoms with Gasteiger partial charge < -0.3 is 10.2 Å². The molecule has 0 amide bonds. The first-order chi connectivity index (χ1) is 8.39. The van der Waals surface area contributed by atoms with Crippen LogP contribution in [0.15, 0.2) is 0 Å². The predicted molar refractivity (Wildman–Crippen MR) is 73.8 cm³/mol. The van der Waals surface area contributed by atoms with E-state index in [1.807, 2.05) is 21.1 Å². The summed E-state index contributed by atoms with van der Waals surface area (Å²) in [5.41, 5.74) is 0. The average Bonchev–Trinajstić information content (AvgIpc) is 2.79. The van der Waals surface area contributed by atoms with Gasteiger partial charge in [0.15, 0.2) is 0 Å². The van der Waals surface area contributed by atoms with Crippen molar-refractivity contribution in [2.24, 2.45) is 0 Å². The molecule has 1 rings (SSSR count). The molecular formula is C11H26N4O2S. The summed E-state index contributed by atoms with van der Waals surface area (Å²) in [6.07, 6.45) is 1.74. The molecule has 1 atom stereocenters. The van der Waals surface area contributed by atoms with Crippen molar-refractivity contribution in [1.82, 2.24) is 18.8 Å². The van der Waals surface area contributed by atoms with E-state index in [0.717, 1.165) is 19.4 Å². The highest BCUT2D eigenvalue weighted by Crippen LogP contribution is 2.18. The van der Waals surface area contributed by atoms with Crippen molar-refractivity contribution >= 4 is 10.2 Å². The summed E-state index contributed by atoms with van der Waals surface area (Å²) in [6, 6.07) is 0.338. The minimum atomic E-state index is -3.27. The first-order valence-electron chi connectivity index (χ1n) is 6.42. The highest BCUT2D eigenvalue weighted by molar-refractivity contribution is 7.86. The summed E-state index contributed by atoms with van der Waals surface area (Å²) in [5, 5.41) is 3.02. The lowest BCUT2D eigenvalue weighted by molar-refractivity contribution is 0.298. The molecule has 108 valence electrons. The maximum atomic E-state index is 12.3. The highest BCUT2D eigenvalue weighted by atomic mass is 32.2. The SMILES string of the molecule is CNCCCN(C)S(=O)(=O)N1CCC(N(C)C)C1. The van der Waals surface area contributed by atoms with Crippen molar-refractivity contribution in [3.05, 3.63) is 0 Å². The third-order valence-corrected chi connectivity index (χ3v) is 5.43. The Morgan fingerprint density at radius 2 is 2.00 bits per heavy atom. The molecule has 0 aromatic heterocycles. The third kappa shape index (κ3) is 3.89. The van der Waals surface area contributed by atoms with Gasteiger partial charge in [0.2, 0.25) is 0 Å². The van der Waals surface area contributed by atoms with Crippen LogP contribution in [0.4, 0.5) is 0 Å². The second kappa shape index (κ2) is 6.81. The first kappa shape index (κ1) is 15.8. The Bertz CT molecular complexity index is 345. The second-order valence-electron chi connectivity index (χ2n) is 5.05. The molecule has 1 N–H and O–H groups in total. The fraction of sp³-hybridized carbons (Fsp3) is 1.00. The fourth-order valence-corrected chi connectivity index (χ4v) is 3.58. The zero-order valence-corrected chi connectivity index (χ0v) is 12.7. The van der Waals surface area contributed by atoms with Gasteiger partial charge in [-0.2, -0.15) is 17.0 Å². The van der Waals surface area contributed by atoms with Gasteiger partial charge in [0.25, 0.3) is 10.2 Å². The Balaban J connectivity index is 2.53. The molecule has 1 heterocycles. The Labute approximate surface area is 111 Å². The molecule has 7 heteroatoms. The normalized spacial score (nSPS) is 22.2. The number of hydrogen-bond acceptors (Lipinski definition) is 4. The van der Waals surface area contributed by atoms with E-state index in [2.05, 4.69) is 10.2 Å². The van der Waals surface area contributed by atoms with Gasteiger partial charge in [-0.1, -0.05) is 0 Å². The lowest BCUT2D eigenvalue weighted by atomic mass is 10.2. The number of nitrogens with one attached hydrogen (secondary N) is 1. The molecular weight excluding hydrogens is 252 g/mol. The maximum absolute atomic E-state index is 12.3. The van der Waals surface area contributed by atoms with Crippen LogP contribution in [0.2, 0.25) is 0 Å². The third-order valence-electron chi connectivity index (χ3n) is 3.48. The van der Waals surface area contributed by atoms with Crippen LogP contribution >= 0.6 is 0 Å². The second-order valence-corrected chi connectivity index (χ2v) is 7.09. The highest BCUT2D eigenvalue weighted by Gasteiger charge is 2.34. The lowest BCUT2D eigenvalue weighted by Crippen LogP contribution is -2.42. The molecule has 0 aliphatic carbocycles. The average molecular weight is 278 g/mol. The zero-order valence-electron chi connectivity index (χ0n) is 11.9. The van der Waals surface area contributed by atoms with Crippen molar-refractivity contribution < 1.29 is 8.42 Å². The minimum Gasteiger partial charge on any atom is -0.320 e. The Kier molecular flexibility index (Phi) is 6.00. The molecule has 1 fully saturated rings. The monoisotopic (exact) mass is 278 g/mol. The molecule has 1 aliphatic rings.